The van der Waals surface area contributed by atoms with E-state index in [4.69, 9.17) is 20.3 Å². The lowest BCUT2D eigenvalue weighted by Gasteiger charge is -2.47. The number of quaternary nitrogens is 1. The molecule has 0 saturated carbocycles. The second-order valence-electron chi connectivity index (χ2n) is 10.7. The van der Waals surface area contributed by atoms with Crippen LogP contribution in [0.3, 0.4) is 0 Å². The summed E-state index contributed by atoms with van der Waals surface area (Å²) in [5, 5.41) is 9.15. The van der Waals surface area contributed by atoms with Crippen LogP contribution in [0.5, 0.6) is 0 Å². The van der Waals surface area contributed by atoms with Crippen LogP contribution in [0.15, 0.2) is 60.7 Å². The number of carboxylic acids is 1. The van der Waals surface area contributed by atoms with E-state index in [0.717, 1.165) is 25.7 Å². The van der Waals surface area contributed by atoms with Crippen LogP contribution in [0.1, 0.15) is 56.1 Å². The van der Waals surface area contributed by atoms with Gasteiger partial charge in [-0.3, -0.25) is 9.59 Å². The number of ether oxygens (including phenoxy) is 2. The summed E-state index contributed by atoms with van der Waals surface area (Å²) >= 11 is 0. The van der Waals surface area contributed by atoms with E-state index in [1.807, 2.05) is 0 Å². The normalized spacial score (nSPS) is 24.9. The molecule has 3 aliphatic heterocycles. The Hall–Kier alpha value is -3.23. The number of carboxylic acid groups (broad SMARTS) is 1. The second kappa shape index (κ2) is 10.3. The zero-order valence-corrected chi connectivity index (χ0v) is 21.0. The standard InChI is InChI=1S/C29H34N2O6/c30-25(19-26(32)33)27(34)37-29(20-9-3-1-4-10-20,21-11-5-2-6-12-21)28(35)36-24-17-22-13-14-23(18-24)31(22)15-7-8-16-31/h1-6,9-12,22-25H,7-8,13-19,30H2/p+1/t22?,23?,24?,25-/m0/s1. The average Bonchev–Trinajstić information content (AvgIpc) is 3.44. The van der Waals surface area contributed by atoms with E-state index in [1.54, 1.807) is 60.7 Å². The predicted molar refractivity (Wildman–Crippen MR) is 135 cm³/mol. The Labute approximate surface area is 216 Å². The van der Waals surface area contributed by atoms with Gasteiger partial charge in [0.1, 0.15) is 12.1 Å². The fourth-order valence-corrected chi connectivity index (χ4v) is 6.95. The molecule has 3 heterocycles. The largest absolute Gasteiger partial charge is 0.481 e. The third kappa shape index (κ3) is 4.64. The predicted octanol–water partition coefficient (Wildman–Crippen LogP) is 3.12. The van der Waals surface area contributed by atoms with Crippen molar-refractivity contribution in [2.24, 2.45) is 5.73 Å². The van der Waals surface area contributed by atoms with Gasteiger partial charge in [-0.05, 0) is 0 Å². The van der Waals surface area contributed by atoms with Gasteiger partial charge in [0.25, 0.3) is 5.60 Å². The molecule has 0 amide bonds. The van der Waals surface area contributed by atoms with E-state index in [2.05, 4.69) is 0 Å². The molecule has 3 saturated heterocycles. The van der Waals surface area contributed by atoms with Crippen molar-refractivity contribution in [3.05, 3.63) is 71.8 Å². The number of hydrogen-bond acceptors (Lipinski definition) is 6. The highest BCUT2D eigenvalue weighted by Gasteiger charge is 2.57. The number of carbonyl (C=O) groups excluding carboxylic acids is 2. The summed E-state index contributed by atoms with van der Waals surface area (Å²) in [6, 6.07) is 17.0. The third-order valence-electron chi connectivity index (χ3n) is 8.63. The molecule has 1 spiro atoms. The number of nitrogens with two attached hydrogens (primary N) is 1. The first-order valence-electron chi connectivity index (χ1n) is 13.2. The van der Waals surface area contributed by atoms with E-state index in [1.165, 1.54) is 30.4 Å². The SMILES string of the molecule is N[C@@H](CC(=O)O)C(=O)OC(C(=O)OC1CC2CCC(C1)[N+]21CCCC1)(c1ccccc1)c1ccccc1. The fraction of sp³-hybridized carbons (Fsp3) is 0.483. The van der Waals surface area contributed by atoms with Crippen LogP contribution in [-0.4, -0.2) is 64.8 Å². The molecule has 5 rings (SSSR count). The van der Waals surface area contributed by atoms with E-state index in [-0.39, 0.29) is 6.10 Å². The van der Waals surface area contributed by atoms with Crippen LogP contribution < -0.4 is 5.73 Å². The summed E-state index contributed by atoms with van der Waals surface area (Å²) in [5.74, 6) is -2.88. The Morgan fingerprint density at radius 2 is 1.43 bits per heavy atom. The van der Waals surface area contributed by atoms with Gasteiger partial charge in [0.2, 0.25) is 0 Å². The van der Waals surface area contributed by atoms with Crippen LogP contribution in [0.2, 0.25) is 0 Å². The maximum atomic E-state index is 14.2. The molecule has 2 aromatic rings. The molecule has 3 N–H and O–H groups in total. The summed E-state index contributed by atoms with van der Waals surface area (Å²) in [6.07, 6.45) is 5.54. The zero-order valence-electron chi connectivity index (χ0n) is 21.0. The van der Waals surface area contributed by atoms with Gasteiger partial charge in [-0.15, -0.1) is 0 Å². The van der Waals surface area contributed by atoms with Crippen LogP contribution in [0.4, 0.5) is 0 Å². The smallest absolute Gasteiger partial charge is 0.360 e. The summed E-state index contributed by atoms with van der Waals surface area (Å²) in [5.41, 5.74) is 4.80. The highest BCUT2D eigenvalue weighted by molar-refractivity contribution is 5.91. The first-order chi connectivity index (χ1) is 17.8. The Morgan fingerprint density at radius 1 is 0.919 bits per heavy atom. The summed E-state index contributed by atoms with van der Waals surface area (Å²) in [6.45, 7) is 2.43. The van der Waals surface area contributed by atoms with Crippen LogP contribution in [-0.2, 0) is 29.5 Å². The Bertz CT molecular complexity index is 1080. The van der Waals surface area contributed by atoms with Gasteiger partial charge in [-0.1, -0.05) is 60.7 Å². The van der Waals surface area contributed by atoms with Gasteiger partial charge in [-0.2, -0.15) is 0 Å². The molecule has 3 atom stereocenters. The minimum absolute atomic E-state index is 0.271. The van der Waals surface area contributed by atoms with Crippen molar-refractivity contribution >= 4 is 17.9 Å². The van der Waals surface area contributed by atoms with Crippen LogP contribution in [0.25, 0.3) is 0 Å². The van der Waals surface area contributed by atoms with Crippen molar-refractivity contribution in [1.82, 2.24) is 0 Å². The summed E-state index contributed by atoms with van der Waals surface area (Å²) < 4.78 is 13.3. The molecule has 2 bridgehead atoms. The molecule has 3 fully saturated rings. The second-order valence-corrected chi connectivity index (χ2v) is 10.7. The topological polar surface area (TPSA) is 116 Å². The van der Waals surface area contributed by atoms with Crippen molar-refractivity contribution in [1.29, 1.82) is 0 Å². The maximum Gasteiger partial charge on any atom is 0.360 e. The average molecular weight is 508 g/mol. The first kappa shape index (κ1) is 25.4. The molecule has 37 heavy (non-hydrogen) atoms. The van der Waals surface area contributed by atoms with Gasteiger partial charge in [0.15, 0.2) is 0 Å². The minimum Gasteiger partial charge on any atom is -0.481 e. The van der Waals surface area contributed by atoms with E-state index >= 15 is 0 Å². The maximum absolute atomic E-state index is 14.2. The van der Waals surface area contributed by atoms with Crippen molar-refractivity contribution < 1.29 is 33.4 Å². The number of piperidine rings is 1. The van der Waals surface area contributed by atoms with Gasteiger partial charge < -0.3 is 24.8 Å². The van der Waals surface area contributed by atoms with E-state index in [9.17, 15) is 14.4 Å². The minimum atomic E-state index is -1.91. The lowest BCUT2D eigenvalue weighted by Crippen LogP contribution is -2.60. The van der Waals surface area contributed by atoms with E-state index < -0.39 is 36.0 Å². The van der Waals surface area contributed by atoms with Crippen molar-refractivity contribution in [2.75, 3.05) is 13.1 Å². The highest BCUT2D eigenvalue weighted by Crippen LogP contribution is 2.47. The Balaban J connectivity index is 1.48. The number of carbonyl (C=O) groups is 3. The molecule has 8 nitrogen and oxygen atoms in total. The zero-order chi connectivity index (χ0) is 26.0. The number of nitrogens with zero attached hydrogens (tertiary/aromatic N) is 1. The lowest BCUT2D eigenvalue weighted by atomic mass is 9.85. The van der Waals surface area contributed by atoms with Gasteiger partial charge in [-0.25, -0.2) is 4.79 Å². The molecular formula is C29H35N2O6+. The highest BCUT2D eigenvalue weighted by atomic mass is 16.6. The molecule has 0 radical (unpaired) electrons. The van der Waals surface area contributed by atoms with Crippen LogP contribution in [0, 0.1) is 0 Å². The molecule has 196 valence electrons. The van der Waals surface area contributed by atoms with Crippen molar-refractivity contribution in [3.8, 4) is 0 Å². The number of benzene rings is 2. The van der Waals surface area contributed by atoms with Gasteiger partial charge in [0.05, 0.1) is 31.6 Å². The Morgan fingerprint density at radius 3 is 1.92 bits per heavy atom. The number of esters is 2. The monoisotopic (exact) mass is 507 g/mol. The molecule has 2 aromatic carbocycles. The van der Waals surface area contributed by atoms with Gasteiger partial charge >= 0.3 is 17.9 Å². The molecule has 0 aliphatic carbocycles. The van der Waals surface area contributed by atoms with Crippen molar-refractivity contribution in [2.45, 2.75) is 74.8 Å². The fourth-order valence-electron chi connectivity index (χ4n) is 6.95. The first-order valence-corrected chi connectivity index (χ1v) is 13.2. The van der Waals surface area contributed by atoms with Gasteiger partial charge in [0, 0.05) is 49.7 Å². The molecular weight excluding hydrogens is 472 g/mol. The third-order valence-corrected chi connectivity index (χ3v) is 8.63. The molecule has 0 aromatic heterocycles. The van der Waals surface area contributed by atoms with E-state index in [0.29, 0.717) is 23.2 Å². The number of hydrogen-bond donors (Lipinski definition) is 2. The van der Waals surface area contributed by atoms with Crippen LogP contribution >= 0.6 is 0 Å². The number of aliphatic carboxylic acids is 1. The molecule has 8 heteroatoms. The Kier molecular flexibility index (Phi) is 7.05. The number of rotatable bonds is 8. The summed E-state index contributed by atoms with van der Waals surface area (Å²) in [4.78, 5) is 38.5. The molecule has 3 aliphatic rings. The molecule has 2 unspecified atom stereocenters. The van der Waals surface area contributed by atoms with Crippen molar-refractivity contribution in [3.63, 3.8) is 0 Å². The quantitative estimate of drug-likeness (QED) is 0.417. The lowest BCUT2D eigenvalue weighted by molar-refractivity contribution is -0.956. The summed E-state index contributed by atoms with van der Waals surface area (Å²) in [7, 11) is 0.